The van der Waals surface area contributed by atoms with Crippen LogP contribution in [-0.2, 0) is 6.54 Å². The molecule has 1 aromatic heterocycles. The molecule has 0 unspecified atom stereocenters. The van der Waals surface area contributed by atoms with Crippen LogP contribution in [0, 0.1) is 0 Å². The minimum atomic E-state index is 0. The molecule has 0 bridgehead atoms. The SMILES string of the molecule is Brc1ccc(-c2n[nH]c(CNC3=NCCCN3)n2)cc1.I. The van der Waals surface area contributed by atoms with Crippen LogP contribution in [0.1, 0.15) is 12.2 Å². The van der Waals surface area contributed by atoms with Crippen LogP contribution in [0.15, 0.2) is 33.7 Å². The predicted octanol–water partition coefficient (Wildman–Crippen LogP) is 2.29. The van der Waals surface area contributed by atoms with Gasteiger partial charge in [-0.1, -0.05) is 28.1 Å². The molecule has 1 aliphatic rings. The summed E-state index contributed by atoms with van der Waals surface area (Å²) in [5, 5.41) is 13.6. The van der Waals surface area contributed by atoms with Crippen molar-refractivity contribution in [1.29, 1.82) is 0 Å². The Bertz CT molecular complexity index is 609. The first-order valence-electron chi connectivity index (χ1n) is 6.51. The van der Waals surface area contributed by atoms with E-state index in [1.165, 1.54) is 0 Å². The van der Waals surface area contributed by atoms with E-state index in [-0.39, 0.29) is 24.0 Å². The molecule has 6 nitrogen and oxygen atoms in total. The summed E-state index contributed by atoms with van der Waals surface area (Å²) < 4.78 is 1.04. The lowest BCUT2D eigenvalue weighted by Crippen LogP contribution is -2.40. The van der Waals surface area contributed by atoms with Crippen molar-refractivity contribution in [3.63, 3.8) is 0 Å². The maximum atomic E-state index is 4.47. The third-order valence-corrected chi connectivity index (χ3v) is 3.48. The number of rotatable bonds is 3. The van der Waals surface area contributed by atoms with Crippen molar-refractivity contribution in [2.45, 2.75) is 13.0 Å². The first-order chi connectivity index (χ1) is 9.81. The Kier molecular flexibility index (Phi) is 5.97. The number of benzene rings is 1. The molecule has 0 atom stereocenters. The number of halogens is 2. The number of guanidine groups is 1. The molecule has 0 amide bonds. The van der Waals surface area contributed by atoms with Crippen molar-refractivity contribution >= 4 is 45.9 Å². The van der Waals surface area contributed by atoms with Crippen LogP contribution in [0.5, 0.6) is 0 Å². The zero-order valence-electron chi connectivity index (χ0n) is 11.3. The summed E-state index contributed by atoms with van der Waals surface area (Å²) in [5.41, 5.74) is 0.990. The fraction of sp³-hybridized carbons (Fsp3) is 0.308. The highest BCUT2D eigenvalue weighted by atomic mass is 127. The second kappa shape index (κ2) is 7.74. The highest BCUT2D eigenvalue weighted by Gasteiger charge is 2.07. The van der Waals surface area contributed by atoms with E-state index in [1.807, 2.05) is 24.3 Å². The van der Waals surface area contributed by atoms with Crippen molar-refractivity contribution in [2.75, 3.05) is 13.1 Å². The number of aromatic nitrogens is 3. The number of aromatic amines is 1. The number of hydrogen-bond acceptors (Lipinski definition) is 5. The second-order valence-corrected chi connectivity index (χ2v) is 5.39. The summed E-state index contributed by atoms with van der Waals surface area (Å²) in [7, 11) is 0. The van der Waals surface area contributed by atoms with Crippen molar-refractivity contribution in [1.82, 2.24) is 25.8 Å². The molecule has 3 N–H and O–H groups in total. The van der Waals surface area contributed by atoms with Gasteiger partial charge in [0, 0.05) is 23.1 Å². The van der Waals surface area contributed by atoms with Crippen molar-refractivity contribution < 1.29 is 0 Å². The summed E-state index contributed by atoms with van der Waals surface area (Å²) in [6.45, 7) is 2.41. The van der Waals surface area contributed by atoms with Gasteiger partial charge in [-0.3, -0.25) is 10.1 Å². The number of aliphatic imine (C=N–C) groups is 1. The lowest BCUT2D eigenvalue weighted by molar-refractivity contribution is 0.693. The van der Waals surface area contributed by atoms with Gasteiger partial charge in [-0.05, 0) is 18.6 Å². The van der Waals surface area contributed by atoms with Gasteiger partial charge in [0.25, 0.3) is 0 Å². The Morgan fingerprint density at radius 1 is 1.24 bits per heavy atom. The van der Waals surface area contributed by atoms with Gasteiger partial charge in [0.2, 0.25) is 0 Å². The molecule has 0 radical (unpaired) electrons. The van der Waals surface area contributed by atoms with Gasteiger partial charge in [-0.25, -0.2) is 4.98 Å². The molecule has 2 heterocycles. The fourth-order valence-electron chi connectivity index (χ4n) is 1.92. The average molecular weight is 463 g/mol. The lowest BCUT2D eigenvalue weighted by Gasteiger charge is -2.14. The Morgan fingerprint density at radius 2 is 2.05 bits per heavy atom. The monoisotopic (exact) mass is 462 g/mol. The highest BCUT2D eigenvalue weighted by Crippen LogP contribution is 2.18. The van der Waals surface area contributed by atoms with Crippen molar-refractivity contribution in [3.8, 4) is 11.4 Å². The minimum Gasteiger partial charge on any atom is -0.356 e. The normalized spacial score (nSPS) is 13.9. The summed E-state index contributed by atoms with van der Waals surface area (Å²) in [6, 6.07) is 7.92. The van der Waals surface area contributed by atoms with E-state index in [1.54, 1.807) is 0 Å². The van der Waals surface area contributed by atoms with Gasteiger partial charge in [0.05, 0.1) is 6.54 Å². The molecule has 2 aromatic rings. The summed E-state index contributed by atoms with van der Waals surface area (Å²) >= 11 is 3.41. The third kappa shape index (κ3) is 4.40. The van der Waals surface area contributed by atoms with E-state index >= 15 is 0 Å². The smallest absolute Gasteiger partial charge is 0.191 e. The molecule has 0 aliphatic carbocycles. The molecule has 1 aromatic carbocycles. The van der Waals surface area contributed by atoms with Gasteiger partial charge in [0.1, 0.15) is 5.82 Å². The van der Waals surface area contributed by atoms with Crippen LogP contribution < -0.4 is 10.6 Å². The molecular weight excluding hydrogens is 447 g/mol. The van der Waals surface area contributed by atoms with Gasteiger partial charge < -0.3 is 10.6 Å². The molecule has 0 saturated carbocycles. The number of hydrogen-bond donors (Lipinski definition) is 3. The first-order valence-corrected chi connectivity index (χ1v) is 7.30. The van der Waals surface area contributed by atoms with Crippen molar-refractivity contribution in [2.24, 2.45) is 4.99 Å². The molecule has 8 heteroatoms. The molecule has 0 saturated heterocycles. The van der Waals surface area contributed by atoms with Crippen LogP contribution in [0.3, 0.4) is 0 Å². The van der Waals surface area contributed by atoms with Gasteiger partial charge in [0.15, 0.2) is 11.8 Å². The Balaban J connectivity index is 0.00000161. The Labute approximate surface area is 148 Å². The molecule has 112 valence electrons. The van der Waals surface area contributed by atoms with Gasteiger partial charge in [-0.2, -0.15) is 5.10 Å². The number of nitrogens with one attached hydrogen (secondary N) is 3. The predicted molar refractivity (Wildman–Crippen MR) is 96.7 cm³/mol. The van der Waals surface area contributed by atoms with E-state index < -0.39 is 0 Å². The maximum Gasteiger partial charge on any atom is 0.191 e. The Morgan fingerprint density at radius 3 is 2.76 bits per heavy atom. The molecule has 1 aliphatic heterocycles. The first kappa shape index (κ1) is 16.2. The molecule has 3 rings (SSSR count). The highest BCUT2D eigenvalue weighted by molar-refractivity contribution is 14.0. The van der Waals surface area contributed by atoms with E-state index in [0.29, 0.717) is 12.4 Å². The van der Waals surface area contributed by atoms with E-state index in [0.717, 1.165) is 41.3 Å². The maximum absolute atomic E-state index is 4.47. The molecule has 0 spiro atoms. The molecule has 0 fully saturated rings. The van der Waals surface area contributed by atoms with Crippen LogP contribution >= 0.6 is 39.9 Å². The summed E-state index contributed by atoms with van der Waals surface area (Å²) in [4.78, 5) is 8.81. The van der Waals surface area contributed by atoms with E-state index in [9.17, 15) is 0 Å². The summed E-state index contributed by atoms with van der Waals surface area (Å²) in [6.07, 6.45) is 1.08. The number of nitrogens with zero attached hydrogens (tertiary/aromatic N) is 3. The van der Waals surface area contributed by atoms with Gasteiger partial charge in [-0.15, -0.1) is 24.0 Å². The van der Waals surface area contributed by atoms with Gasteiger partial charge >= 0.3 is 0 Å². The van der Waals surface area contributed by atoms with E-state index in [4.69, 9.17) is 0 Å². The molecular formula is C13H16BrIN6. The average Bonchev–Trinajstić information content (AvgIpc) is 2.96. The quantitative estimate of drug-likeness (QED) is 0.611. The Hall–Kier alpha value is -1.16. The van der Waals surface area contributed by atoms with Crippen LogP contribution in [0.2, 0.25) is 0 Å². The van der Waals surface area contributed by atoms with Crippen LogP contribution in [0.4, 0.5) is 0 Å². The number of H-pyrrole nitrogens is 1. The van der Waals surface area contributed by atoms with Crippen LogP contribution in [-0.4, -0.2) is 34.2 Å². The second-order valence-electron chi connectivity index (χ2n) is 4.48. The molecule has 21 heavy (non-hydrogen) atoms. The zero-order chi connectivity index (χ0) is 13.8. The zero-order valence-corrected chi connectivity index (χ0v) is 15.2. The lowest BCUT2D eigenvalue weighted by atomic mass is 10.2. The third-order valence-electron chi connectivity index (χ3n) is 2.95. The largest absolute Gasteiger partial charge is 0.356 e. The van der Waals surface area contributed by atoms with Crippen LogP contribution in [0.25, 0.3) is 11.4 Å². The minimum absolute atomic E-state index is 0. The standard InChI is InChI=1S/C13H15BrN6.HI/c14-10-4-2-9(3-5-10)12-18-11(19-20-12)8-17-13-15-6-1-7-16-13;/h2-5H,1,6-8H2,(H2,15,16,17)(H,18,19,20);1H. The topological polar surface area (TPSA) is 78.0 Å². The fourth-order valence-corrected chi connectivity index (χ4v) is 2.19. The van der Waals surface area contributed by atoms with E-state index in [2.05, 4.69) is 46.7 Å². The summed E-state index contributed by atoms with van der Waals surface area (Å²) in [5.74, 6) is 2.32. The van der Waals surface area contributed by atoms with Crippen molar-refractivity contribution in [3.05, 3.63) is 34.6 Å².